The number of halogens is 2. The molecule has 0 fully saturated rings. The van der Waals surface area contributed by atoms with E-state index in [0.717, 1.165) is 0 Å². The number of hydrogen-bond donors (Lipinski definition) is 1. The minimum Gasteiger partial charge on any atom is -0.307 e. The van der Waals surface area contributed by atoms with Crippen LogP contribution in [0.2, 0.25) is 0 Å². The molecular weight excluding hydrogens is 172 g/mol. The lowest BCUT2D eigenvalue weighted by atomic mass is 10.1. The summed E-state index contributed by atoms with van der Waals surface area (Å²) < 4.78 is 24.9. The van der Waals surface area contributed by atoms with Crippen LogP contribution in [-0.2, 0) is 0 Å². The quantitative estimate of drug-likeness (QED) is 0.759. The lowest BCUT2D eigenvalue weighted by Gasteiger charge is -2.13. The highest BCUT2D eigenvalue weighted by Gasteiger charge is 2.08. The van der Waals surface area contributed by atoms with Gasteiger partial charge in [0.2, 0.25) is 0 Å². The topological polar surface area (TPSA) is 12.0 Å². The maximum Gasteiger partial charge on any atom is 0.127 e. The van der Waals surface area contributed by atoms with E-state index in [0.29, 0.717) is 5.56 Å². The zero-order valence-electron chi connectivity index (χ0n) is 7.56. The fourth-order valence-corrected chi connectivity index (χ4v) is 1.21. The third-order valence-corrected chi connectivity index (χ3v) is 1.92. The molecule has 0 heterocycles. The molecule has 72 valence electrons. The highest BCUT2D eigenvalue weighted by molar-refractivity contribution is 5.20. The Hall–Kier alpha value is -0.960. The Morgan fingerprint density at radius 3 is 2.69 bits per heavy atom. The van der Waals surface area contributed by atoms with Crippen LogP contribution in [0.15, 0.2) is 24.3 Å². The number of hydrogen-bond acceptors (Lipinski definition) is 1. The van der Waals surface area contributed by atoms with Crippen molar-refractivity contribution in [3.05, 3.63) is 35.6 Å². The van der Waals surface area contributed by atoms with Crippen LogP contribution >= 0.6 is 0 Å². The van der Waals surface area contributed by atoms with Crippen LogP contribution < -0.4 is 5.32 Å². The molecule has 0 saturated heterocycles. The lowest BCUT2D eigenvalue weighted by molar-refractivity contribution is 0.438. The van der Waals surface area contributed by atoms with E-state index in [2.05, 4.69) is 5.32 Å². The van der Waals surface area contributed by atoms with Crippen molar-refractivity contribution in [2.45, 2.75) is 13.0 Å². The molecule has 0 aromatic heterocycles. The smallest absolute Gasteiger partial charge is 0.127 e. The van der Waals surface area contributed by atoms with Gasteiger partial charge in [-0.1, -0.05) is 18.2 Å². The van der Waals surface area contributed by atoms with Crippen LogP contribution in [0.25, 0.3) is 0 Å². The van der Waals surface area contributed by atoms with Gasteiger partial charge in [0.1, 0.15) is 12.5 Å². The van der Waals surface area contributed by atoms with Crippen LogP contribution in [-0.4, -0.2) is 13.2 Å². The summed E-state index contributed by atoms with van der Waals surface area (Å²) in [5, 5.41) is 2.87. The predicted octanol–water partition coefficient (Wildman–Crippen LogP) is 2.45. The summed E-state index contributed by atoms with van der Waals surface area (Å²) in [6, 6.07) is 6.37. The molecule has 0 aliphatic rings. The van der Waals surface area contributed by atoms with Gasteiger partial charge in [-0.15, -0.1) is 0 Å². The number of benzene rings is 1. The van der Waals surface area contributed by atoms with E-state index < -0.39 is 6.67 Å². The average Bonchev–Trinajstić information content (AvgIpc) is 2.15. The largest absolute Gasteiger partial charge is 0.307 e. The molecule has 1 aromatic rings. The molecule has 1 atom stereocenters. The molecular formula is C10H13F2N. The number of alkyl halides is 1. The Labute approximate surface area is 76.8 Å². The molecule has 1 aromatic carbocycles. The van der Waals surface area contributed by atoms with E-state index in [4.69, 9.17) is 0 Å². The van der Waals surface area contributed by atoms with E-state index in [-0.39, 0.29) is 18.4 Å². The minimum atomic E-state index is -0.432. The summed E-state index contributed by atoms with van der Waals surface area (Å²) in [5.74, 6) is -0.249. The Kier molecular flexibility index (Phi) is 3.83. The fourth-order valence-electron chi connectivity index (χ4n) is 1.21. The Bertz CT molecular complexity index is 263. The van der Waals surface area contributed by atoms with Crippen LogP contribution in [0.1, 0.15) is 18.5 Å². The van der Waals surface area contributed by atoms with Crippen molar-refractivity contribution in [3.63, 3.8) is 0 Å². The van der Waals surface area contributed by atoms with Gasteiger partial charge in [0.25, 0.3) is 0 Å². The van der Waals surface area contributed by atoms with Crippen molar-refractivity contribution in [2.24, 2.45) is 0 Å². The number of nitrogens with one attached hydrogen (secondary N) is 1. The summed E-state index contributed by atoms with van der Waals surface area (Å²) in [5.41, 5.74) is 0.580. The standard InChI is InChI=1S/C10H13F2N/c1-8(13-7-6-11)9-4-2-3-5-10(9)12/h2-5,8,13H,6-7H2,1H3/t8-/m1/s1. The molecule has 1 rings (SSSR count). The molecule has 0 aliphatic heterocycles. The molecule has 3 heteroatoms. The third kappa shape index (κ3) is 2.77. The third-order valence-electron chi connectivity index (χ3n) is 1.92. The highest BCUT2D eigenvalue weighted by Crippen LogP contribution is 2.15. The van der Waals surface area contributed by atoms with Crippen LogP contribution in [0.5, 0.6) is 0 Å². The zero-order valence-corrected chi connectivity index (χ0v) is 7.56. The van der Waals surface area contributed by atoms with Gasteiger partial charge in [-0.2, -0.15) is 0 Å². The first-order chi connectivity index (χ1) is 6.25. The predicted molar refractivity (Wildman–Crippen MR) is 48.8 cm³/mol. The van der Waals surface area contributed by atoms with Crippen molar-refractivity contribution in [3.8, 4) is 0 Å². The number of rotatable bonds is 4. The van der Waals surface area contributed by atoms with Crippen molar-refractivity contribution in [1.82, 2.24) is 5.32 Å². The second kappa shape index (κ2) is 4.92. The van der Waals surface area contributed by atoms with Gasteiger partial charge in [-0.25, -0.2) is 8.78 Å². The van der Waals surface area contributed by atoms with Gasteiger partial charge < -0.3 is 5.32 Å². The normalized spacial score (nSPS) is 12.8. The first-order valence-electron chi connectivity index (χ1n) is 4.29. The Balaban J connectivity index is 2.65. The van der Waals surface area contributed by atoms with Gasteiger partial charge in [-0.05, 0) is 13.0 Å². The highest BCUT2D eigenvalue weighted by atomic mass is 19.1. The van der Waals surface area contributed by atoms with Gasteiger partial charge in [0.15, 0.2) is 0 Å². The molecule has 0 radical (unpaired) electrons. The summed E-state index contributed by atoms with van der Waals surface area (Å²) >= 11 is 0. The minimum absolute atomic E-state index is 0.142. The van der Waals surface area contributed by atoms with Crippen molar-refractivity contribution >= 4 is 0 Å². The van der Waals surface area contributed by atoms with Gasteiger partial charge in [0.05, 0.1) is 0 Å². The molecule has 13 heavy (non-hydrogen) atoms. The molecule has 1 N–H and O–H groups in total. The average molecular weight is 185 g/mol. The molecule has 0 bridgehead atoms. The summed E-state index contributed by atoms with van der Waals surface area (Å²) in [6.07, 6.45) is 0. The fraction of sp³-hybridized carbons (Fsp3) is 0.400. The molecule has 0 saturated carbocycles. The van der Waals surface area contributed by atoms with Crippen LogP contribution in [0, 0.1) is 5.82 Å². The Morgan fingerprint density at radius 1 is 1.38 bits per heavy atom. The van der Waals surface area contributed by atoms with Gasteiger partial charge in [0, 0.05) is 18.2 Å². The van der Waals surface area contributed by atoms with Crippen molar-refractivity contribution in [1.29, 1.82) is 0 Å². The van der Waals surface area contributed by atoms with Crippen molar-refractivity contribution in [2.75, 3.05) is 13.2 Å². The molecule has 0 amide bonds. The maximum atomic E-state index is 13.1. The summed E-state index contributed by atoms with van der Waals surface area (Å²) in [6.45, 7) is 1.64. The zero-order chi connectivity index (χ0) is 9.68. The summed E-state index contributed by atoms with van der Waals surface area (Å²) in [7, 11) is 0. The van der Waals surface area contributed by atoms with E-state index in [1.165, 1.54) is 6.07 Å². The molecule has 0 aliphatic carbocycles. The second-order valence-corrected chi connectivity index (χ2v) is 2.89. The van der Waals surface area contributed by atoms with E-state index >= 15 is 0 Å². The van der Waals surface area contributed by atoms with Crippen molar-refractivity contribution < 1.29 is 8.78 Å². The summed E-state index contributed by atoms with van der Waals surface area (Å²) in [4.78, 5) is 0. The van der Waals surface area contributed by atoms with Gasteiger partial charge >= 0.3 is 0 Å². The first-order valence-corrected chi connectivity index (χ1v) is 4.29. The molecule has 0 spiro atoms. The van der Waals surface area contributed by atoms with Crippen LogP contribution in [0.4, 0.5) is 8.78 Å². The maximum absolute atomic E-state index is 13.1. The first kappa shape index (κ1) is 10.1. The Morgan fingerprint density at radius 2 is 2.08 bits per heavy atom. The monoisotopic (exact) mass is 185 g/mol. The van der Waals surface area contributed by atoms with E-state index in [1.54, 1.807) is 18.2 Å². The molecule has 0 unspecified atom stereocenters. The van der Waals surface area contributed by atoms with E-state index in [9.17, 15) is 8.78 Å². The molecule has 1 nitrogen and oxygen atoms in total. The second-order valence-electron chi connectivity index (χ2n) is 2.89. The van der Waals surface area contributed by atoms with Gasteiger partial charge in [-0.3, -0.25) is 0 Å². The van der Waals surface area contributed by atoms with Crippen LogP contribution in [0.3, 0.4) is 0 Å². The SMILES string of the molecule is C[C@@H](NCCF)c1ccccc1F. The van der Waals surface area contributed by atoms with E-state index in [1.807, 2.05) is 6.92 Å². The lowest BCUT2D eigenvalue weighted by Crippen LogP contribution is -2.21.